The lowest BCUT2D eigenvalue weighted by Gasteiger charge is -2.37. The van der Waals surface area contributed by atoms with Gasteiger partial charge in [-0.2, -0.15) is 0 Å². The number of nitrogens with one attached hydrogen (secondary N) is 1. The first-order valence-corrected chi connectivity index (χ1v) is 5.44. The quantitative estimate of drug-likeness (QED) is 0.737. The van der Waals surface area contributed by atoms with Crippen molar-refractivity contribution in [3.63, 3.8) is 0 Å². The van der Waals surface area contributed by atoms with Crippen LogP contribution < -0.4 is 5.32 Å². The third-order valence-electron chi connectivity index (χ3n) is 3.48. The minimum Gasteiger partial charge on any atom is -0.341 e. The summed E-state index contributed by atoms with van der Waals surface area (Å²) in [4.78, 5) is 13.7. The van der Waals surface area contributed by atoms with Gasteiger partial charge in [0.25, 0.3) is 0 Å². The van der Waals surface area contributed by atoms with Crippen LogP contribution in [-0.2, 0) is 4.79 Å². The Morgan fingerprint density at radius 3 is 2.43 bits per heavy atom. The maximum atomic E-state index is 11.8. The maximum absolute atomic E-state index is 11.8. The highest BCUT2D eigenvalue weighted by molar-refractivity contribution is 5.77. The number of carbonyl (C=O) groups is 1. The molecule has 0 bridgehead atoms. The summed E-state index contributed by atoms with van der Waals surface area (Å²) in [5.41, 5.74) is -0.00570. The maximum Gasteiger partial charge on any atom is 0.223 e. The molecule has 1 aliphatic heterocycles. The van der Waals surface area contributed by atoms with Gasteiger partial charge in [0.05, 0.1) is 0 Å². The van der Waals surface area contributed by atoms with Gasteiger partial charge in [-0.3, -0.25) is 4.79 Å². The van der Waals surface area contributed by atoms with Crippen molar-refractivity contribution in [1.29, 1.82) is 0 Å². The van der Waals surface area contributed by atoms with E-state index >= 15 is 0 Å². The van der Waals surface area contributed by atoms with Crippen LogP contribution >= 0.6 is 0 Å². The lowest BCUT2D eigenvalue weighted by molar-refractivity contribution is -0.136. The molecule has 3 nitrogen and oxygen atoms in total. The van der Waals surface area contributed by atoms with Crippen LogP contribution in [0.15, 0.2) is 0 Å². The molecule has 0 saturated carbocycles. The summed E-state index contributed by atoms with van der Waals surface area (Å²) < 4.78 is 0. The van der Waals surface area contributed by atoms with E-state index in [1.807, 2.05) is 11.9 Å². The van der Waals surface area contributed by atoms with Crippen LogP contribution in [0.4, 0.5) is 0 Å². The smallest absolute Gasteiger partial charge is 0.223 e. The van der Waals surface area contributed by atoms with Gasteiger partial charge in [0.2, 0.25) is 5.91 Å². The summed E-state index contributed by atoms with van der Waals surface area (Å²) >= 11 is 0. The summed E-state index contributed by atoms with van der Waals surface area (Å²) in [7, 11) is 1.91. The van der Waals surface area contributed by atoms with E-state index in [0.717, 1.165) is 19.5 Å². The van der Waals surface area contributed by atoms with Crippen molar-refractivity contribution in [3.8, 4) is 0 Å². The summed E-state index contributed by atoms with van der Waals surface area (Å²) in [6, 6.07) is 0. The van der Waals surface area contributed by atoms with Gasteiger partial charge in [-0.15, -0.1) is 0 Å². The van der Waals surface area contributed by atoms with E-state index in [1.54, 1.807) is 0 Å². The van der Waals surface area contributed by atoms with Gasteiger partial charge in [0.15, 0.2) is 0 Å². The van der Waals surface area contributed by atoms with E-state index in [1.165, 1.54) is 0 Å². The van der Waals surface area contributed by atoms with Crippen LogP contribution in [-0.4, -0.2) is 36.5 Å². The second-order valence-corrected chi connectivity index (χ2v) is 4.85. The van der Waals surface area contributed by atoms with Crippen molar-refractivity contribution in [3.05, 3.63) is 0 Å². The van der Waals surface area contributed by atoms with E-state index in [4.69, 9.17) is 0 Å². The molecule has 0 aromatic carbocycles. The van der Waals surface area contributed by atoms with Gasteiger partial charge < -0.3 is 10.2 Å². The minimum absolute atomic E-state index is 0.00570. The molecular formula is C11H22N2O. The SMILES string of the molecule is CCC(C)(C)N(C)C(=O)CC1CNC1. The summed E-state index contributed by atoms with van der Waals surface area (Å²) in [6.07, 6.45) is 1.70. The molecule has 0 aromatic rings. The molecule has 1 N–H and O–H groups in total. The van der Waals surface area contributed by atoms with E-state index in [0.29, 0.717) is 12.3 Å². The number of carbonyl (C=O) groups excluding carboxylic acids is 1. The van der Waals surface area contributed by atoms with Crippen LogP contribution in [0, 0.1) is 5.92 Å². The van der Waals surface area contributed by atoms with Gasteiger partial charge in [0, 0.05) is 19.0 Å². The second kappa shape index (κ2) is 4.30. The Morgan fingerprint density at radius 1 is 1.50 bits per heavy atom. The molecule has 1 aliphatic rings. The normalized spacial score (nSPS) is 17.7. The van der Waals surface area contributed by atoms with E-state index in [9.17, 15) is 4.79 Å². The van der Waals surface area contributed by atoms with Gasteiger partial charge >= 0.3 is 0 Å². The van der Waals surface area contributed by atoms with Crippen LogP contribution in [0.1, 0.15) is 33.6 Å². The fourth-order valence-corrected chi connectivity index (χ4v) is 1.45. The first-order chi connectivity index (χ1) is 6.47. The van der Waals surface area contributed by atoms with Gasteiger partial charge in [0.1, 0.15) is 0 Å². The molecule has 0 unspecified atom stereocenters. The highest BCUT2D eigenvalue weighted by atomic mass is 16.2. The van der Waals surface area contributed by atoms with Gasteiger partial charge in [-0.1, -0.05) is 6.92 Å². The molecule has 0 aliphatic carbocycles. The molecular weight excluding hydrogens is 176 g/mol. The summed E-state index contributed by atoms with van der Waals surface area (Å²) in [5, 5.41) is 3.19. The average Bonchev–Trinajstić information content (AvgIpc) is 2.09. The molecule has 14 heavy (non-hydrogen) atoms. The molecule has 0 radical (unpaired) electrons. The van der Waals surface area contributed by atoms with Crippen molar-refractivity contribution < 1.29 is 4.79 Å². The molecule has 1 saturated heterocycles. The molecule has 0 atom stereocenters. The fourth-order valence-electron chi connectivity index (χ4n) is 1.45. The standard InChI is InChI=1S/C11H22N2O/c1-5-11(2,3)13(4)10(14)6-9-7-12-8-9/h9,12H,5-8H2,1-4H3. The first-order valence-electron chi connectivity index (χ1n) is 5.44. The van der Waals surface area contributed by atoms with Crippen molar-refractivity contribution in [2.75, 3.05) is 20.1 Å². The summed E-state index contributed by atoms with van der Waals surface area (Å²) in [6.45, 7) is 8.36. The van der Waals surface area contributed by atoms with E-state index in [2.05, 4.69) is 26.1 Å². The zero-order valence-electron chi connectivity index (χ0n) is 9.76. The van der Waals surface area contributed by atoms with Gasteiger partial charge in [-0.05, 0) is 39.3 Å². The van der Waals surface area contributed by atoms with Gasteiger partial charge in [-0.25, -0.2) is 0 Å². The number of nitrogens with zero attached hydrogens (tertiary/aromatic N) is 1. The minimum atomic E-state index is -0.00570. The molecule has 1 fully saturated rings. The largest absolute Gasteiger partial charge is 0.341 e. The van der Waals surface area contributed by atoms with E-state index in [-0.39, 0.29) is 11.4 Å². The zero-order chi connectivity index (χ0) is 10.8. The highest BCUT2D eigenvalue weighted by Crippen LogP contribution is 2.19. The number of hydrogen-bond acceptors (Lipinski definition) is 2. The van der Waals surface area contributed by atoms with Crippen molar-refractivity contribution in [2.24, 2.45) is 5.92 Å². The Morgan fingerprint density at radius 2 is 2.07 bits per heavy atom. The number of amides is 1. The Balaban J connectivity index is 2.42. The third kappa shape index (κ3) is 2.47. The molecule has 0 aromatic heterocycles. The highest BCUT2D eigenvalue weighted by Gasteiger charge is 2.28. The lowest BCUT2D eigenvalue weighted by Crippen LogP contribution is -2.49. The third-order valence-corrected chi connectivity index (χ3v) is 3.48. The molecule has 1 amide bonds. The molecule has 82 valence electrons. The monoisotopic (exact) mass is 198 g/mol. The molecule has 1 heterocycles. The predicted molar refractivity (Wildman–Crippen MR) is 58.1 cm³/mol. The Labute approximate surface area is 86.9 Å². The van der Waals surface area contributed by atoms with Crippen LogP contribution in [0.25, 0.3) is 0 Å². The second-order valence-electron chi connectivity index (χ2n) is 4.85. The Bertz CT molecular complexity index is 209. The topological polar surface area (TPSA) is 32.3 Å². The van der Waals surface area contributed by atoms with Crippen LogP contribution in [0.3, 0.4) is 0 Å². The molecule has 1 rings (SSSR count). The zero-order valence-corrected chi connectivity index (χ0v) is 9.76. The molecule has 0 spiro atoms. The Hall–Kier alpha value is -0.570. The van der Waals surface area contributed by atoms with Crippen LogP contribution in [0.5, 0.6) is 0 Å². The number of rotatable bonds is 4. The lowest BCUT2D eigenvalue weighted by atomic mass is 9.95. The first kappa shape index (κ1) is 11.5. The van der Waals surface area contributed by atoms with Crippen LogP contribution in [0.2, 0.25) is 0 Å². The number of hydrogen-bond donors (Lipinski definition) is 1. The molecule has 3 heteroatoms. The average molecular weight is 198 g/mol. The Kier molecular flexibility index (Phi) is 3.53. The van der Waals surface area contributed by atoms with E-state index < -0.39 is 0 Å². The summed E-state index contributed by atoms with van der Waals surface area (Å²) in [5.74, 6) is 0.848. The van der Waals surface area contributed by atoms with Crippen molar-refractivity contribution in [1.82, 2.24) is 10.2 Å². The predicted octanol–water partition coefficient (Wildman–Crippen LogP) is 1.24. The van der Waals surface area contributed by atoms with Crippen molar-refractivity contribution in [2.45, 2.75) is 39.2 Å². The van der Waals surface area contributed by atoms with Crippen molar-refractivity contribution >= 4 is 5.91 Å². The fraction of sp³-hybridized carbons (Fsp3) is 0.909.